The van der Waals surface area contributed by atoms with Gasteiger partial charge in [-0.1, -0.05) is 20.8 Å². The van der Waals surface area contributed by atoms with Gasteiger partial charge in [0, 0.05) is 32.4 Å². The van der Waals surface area contributed by atoms with Crippen LogP contribution in [0.2, 0.25) is 0 Å². The van der Waals surface area contributed by atoms with Crippen molar-refractivity contribution >= 4 is 22.8 Å². The zero-order valence-electron chi connectivity index (χ0n) is 17.2. The van der Waals surface area contributed by atoms with Gasteiger partial charge >= 0.3 is 5.69 Å². The summed E-state index contributed by atoms with van der Waals surface area (Å²) < 4.78 is 18.1. The fourth-order valence-corrected chi connectivity index (χ4v) is 3.93. The number of halogens is 1. The van der Waals surface area contributed by atoms with Crippen molar-refractivity contribution in [2.45, 2.75) is 40.3 Å². The summed E-state index contributed by atoms with van der Waals surface area (Å²) in [6.45, 7) is 7.96. The van der Waals surface area contributed by atoms with Gasteiger partial charge in [-0.15, -0.1) is 0 Å². The smallest absolute Gasteiger partial charge is 0.312 e. The molecule has 2 aromatic heterocycles. The molecule has 3 heterocycles. The maximum Gasteiger partial charge on any atom is 0.332 e. The van der Waals surface area contributed by atoms with Crippen molar-refractivity contribution in [1.82, 2.24) is 18.7 Å². The molecule has 0 amide bonds. The molecule has 1 aliphatic heterocycles. The van der Waals surface area contributed by atoms with Gasteiger partial charge in [0.25, 0.3) is 5.56 Å². The van der Waals surface area contributed by atoms with Gasteiger partial charge in [0.2, 0.25) is 5.95 Å². The molecule has 0 radical (unpaired) electrons. The minimum absolute atomic E-state index is 0.255. The molecule has 0 spiro atoms. The number of aromatic nitrogens is 4. The summed E-state index contributed by atoms with van der Waals surface area (Å²) in [6.07, 6.45) is 0.750. The fraction of sp³-hybridized carbons (Fsp3) is 0.476. The first-order valence-electron chi connectivity index (χ1n) is 10.0. The van der Waals surface area contributed by atoms with Crippen molar-refractivity contribution in [3.8, 4) is 0 Å². The highest BCUT2D eigenvalue weighted by Gasteiger charge is 2.29. The predicted molar refractivity (Wildman–Crippen MR) is 111 cm³/mol. The molecule has 1 aromatic carbocycles. The Labute approximate surface area is 168 Å². The molecule has 0 aliphatic carbocycles. The van der Waals surface area contributed by atoms with Crippen LogP contribution in [0, 0.1) is 17.7 Å². The van der Waals surface area contributed by atoms with Crippen LogP contribution in [0.5, 0.6) is 0 Å². The third-order valence-electron chi connectivity index (χ3n) is 5.51. The summed E-state index contributed by atoms with van der Waals surface area (Å²) in [5.41, 5.74) is 0.997. The Morgan fingerprint density at radius 1 is 1.17 bits per heavy atom. The van der Waals surface area contributed by atoms with E-state index in [9.17, 15) is 14.0 Å². The van der Waals surface area contributed by atoms with Gasteiger partial charge in [-0.2, -0.15) is 4.98 Å². The average Bonchev–Trinajstić information content (AvgIpc) is 3.05. The van der Waals surface area contributed by atoms with Crippen LogP contribution in [0.15, 0.2) is 33.9 Å². The van der Waals surface area contributed by atoms with Gasteiger partial charge in [0.1, 0.15) is 5.82 Å². The number of rotatable bonds is 4. The van der Waals surface area contributed by atoms with Crippen LogP contribution in [0.1, 0.15) is 27.2 Å². The third-order valence-corrected chi connectivity index (χ3v) is 5.51. The largest absolute Gasteiger partial charge is 0.332 e. The van der Waals surface area contributed by atoms with Crippen LogP contribution in [0.25, 0.3) is 11.2 Å². The average molecular weight is 399 g/mol. The van der Waals surface area contributed by atoms with E-state index in [0.717, 1.165) is 12.1 Å². The first-order valence-corrected chi connectivity index (χ1v) is 10.0. The highest BCUT2D eigenvalue weighted by molar-refractivity contribution is 5.77. The van der Waals surface area contributed by atoms with Gasteiger partial charge in [-0.3, -0.25) is 13.9 Å². The molecular formula is C21H26FN5O2. The number of nitrogens with zero attached hydrogens (tertiary/aromatic N) is 5. The molecule has 0 saturated carbocycles. The maximum absolute atomic E-state index is 13.4. The van der Waals surface area contributed by atoms with Crippen molar-refractivity contribution in [2.75, 3.05) is 11.4 Å². The van der Waals surface area contributed by atoms with Crippen LogP contribution in [0.4, 0.5) is 16.0 Å². The van der Waals surface area contributed by atoms with Crippen LogP contribution in [-0.2, 0) is 20.1 Å². The zero-order valence-corrected chi connectivity index (χ0v) is 17.2. The van der Waals surface area contributed by atoms with Crippen molar-refractivity contribution < 1.29 is 4.39 Å². The molecule has 1 atom stereocenters. The Hall–Kier alpha value is -2.90. The van der Waals surface area contributed by atoms with Crippen LogP contribution in [0.3, 0.4) is 0 Å². The van der Waals surface area contributed by atoms with E-state index in [1.165, 1.54) is 21.3 Å². The summed E-state index contributed by atoms with van der Waals surface area (Å²) in [6, 6.07) is 6.24. The van der Waals surface area contributed by atoms with Gasteiger partial charge in [-0.05, 0) is 42.5 Å². The van der Waals surface area contributed by atoms with Crippen LogP contribution in [-0.4, -0.2) is 25.2 Å². The van der Waals surface area contributed by atoms with E-state index >= 15 is 0 Å². The molecule has 1 unspecified atom stereocenters. The van der Waals surface area contributed by atoms with E-state index in [1.807, 2.05) is 9.47 Å². The molecule has 154 valence electrons. The molecule has 1 aliphatic rings. The van der Waals surface area contributed by atoms with Crippen molar-refractivity contribution in [3.05, 3.63) is 50.9 Å². The van der Waals surface area contributed by atoms with E-state index in [2.05, 4.69) is 25.8 Å². The number of aryl methyl sites for hydroxylation is 1. The van der Waals surface area contributed by atoms with Gasteiger partial charge in [-0.25, -0.2) is 9.18 Å². The summed E-state index contributed by atoms with van der Waals surface area (Å²) in [4.78, 5) is 32.7. The summed E-state index contributed by atoms with van der Waals surface area (Å²) >= 11 is 0. The number of hydrogen-bond acceptors (Lipinski definition) is 4. The SMILES string of the molecule is CC(C)CCn1c(=O)c2c(nc3n2CC(C)CN3c2ccc(F)cc2)n(C)c1=O. The number of imidazole rings is 1. The highest BCUT2D eigenvalue weighted by Crippen LogP contribution is 2.32. The third kappa shape index (κ3) is 3.26. The number of fused-ring (bicyclic) bond motifs is 3. The van der Waals surface area contributed by atoms with Crippen molar-refractivity contribution in [3.63, 3.8) is 0 Å². The second kappa shape index (κ2) is 7.17. The summed E-state index contributed by atoms with van der Waals surface area (Å²) in [5, 5.41) is 0. The van der Waals surface area contributed by atoms with Gasteiger partial charge in [0.05, 0.1) is 0 Å². The number of hydrogen-bond donors (Lipinski definition) is 0. The Bertz CT molecular complexity index is 1170. The maximum atomic E-state index is 13.4. The van der Waals surface area contributed by atoms with Gasteiger partial charge in [0.15, 0.2) is 11.2 Å². The lowest BCUT2D eigenvalue weighted by molar-refractivity contribution is 0.455. The summed E-state index contributed by atoms with van der Waals surface area (Å²) in [5.74, 6) is 0.947. The monoisotopic (exact) mass is 399 g/mol. The van der Waals surface area contributed by atoms with Crippen molar-refractivity contribution in [1.29, 1.82) is 0 Å². The normalized spacial score (nSPS) is 16.6. The molecule has 3 aromatic rings. The molecule has 0 N–H and O–H groups in total. The number of benzene rings is 1. The topological polar surface area (TPSA) is 65.1 Å². The Balaban J connectivity index is 1.94. The van der Waals surface area contributed by atoms with E-state index in [1.54, 1.807) is 19.2 Å². The van der Waals surface area contributed by atoms with Gasteiger partial charge < -0.3 is 9.47 Å². The molecule has 29 heavy (non-hydrogen) atoms. The Morgan fingerprint density at radius 3 is 2.52 bits per heavy atom. The minimum Gasteiger partial charge on any atom is -0.312 e. The molecule has 8 heteroatoms. The standard InChI is InChI=1S/C21H26FN5O2/c1-13(2)9-10-25-19(28)17-18(24(4)21(25)29)23-20-26(11-14(3)12-27(17)20)16-7-5-15(22)6-8-16/h5-8,13-14H,9-12H2,1-4H3. The van der Waals surface area contributed by atoms with E-state index < -0.39 is 0 Å². The molecule has 0 fully saturated rings. The molecule has 0 bridgehead atoms. The highest BCUT2D eigenvalue weighted by atomic mass is 19.1. The lowest BCUT2D eigenvalue weighted by Gasteiger charge is -2.32. The first kappa shape index (κ1) is 19.4. The summed E-state index contributed by atoms with van der Waals surface area (Å²) in [7, 11) is 1.65. The molecule has 4 rings (SSSR count). The second-order valence-corrected chi connectivity index (χ2v) is 8.37. The van der Waals surface area contributed by atoms with Crippen LogP contribution < -0.4 is 16.1 Å². The van der Waals surface area contributed by atoms with E-state index in [4.69, 9.17) is 0 Å². The molecule has 0 saturated heterocycles. The lowest BCUT2D eigenvalue weighted by Crippen LogP contribution is -2.40. The minimum atomic E-state index is -0.347. The second-order valence-electron chi connectivity index (χ2n) is 8.37. The van der Waals surface area contributed by atoms with Crippen LogP contribution >= 0.6 is 0 Å². The predicted octanol–water partition coefficient (Wildman–Crippen LogP) is 2.87. The molecular weight excluding hydrogens is 373 g/mol. The quantitative estimate of drug-likeness (QED) is 0.677. The first-order chi connectivity index (χ1) is 13.8. The zero-order chi connectivity index (χ0) is 20.9. The lowest BCUT2D eigenvalue weighted by atomic mass is 10.1. The Kier molecular flexibility index (Phi) is 4.80. The van der Waals surface area contributed by atoms with Crippen molar-refractivity contribution in [2.24, 2.45) is 18.9 Å². The number of anilines is 2. The molecule has 7 nitrogen and oxygen atoms in total. The fourth-order valence-electron chi connectivity index (χ4n) is 3.93. The van der Waals surface area contributed by atoms with E-state index in [-0.39, 0.29) is 23.0 Å². The van der Waals surface area contributed by atoms with E-state index in [0.29, 0.717) is 42.7 Å². The Morgan fingerprint density at radius 2 is 1.86 bits per heavy atom.